The van der Waals surface area contributed by atoms with Crippen molar-refractivity contribution >= 4 is 16.9 Å². The summed E-state index contributed by atoms with van der Waals surface area (Å²) in [6, 6.07) is 9.12. The lowest BCUT2D eigenvalue weighted by molar-refractivity contribution is 0.791. The van der Waals surface area contributed by atoms with Crippen LogP contribution in [0.15, 0.2) is 29.3 Å². The number of aliphatic imine (C=N–C) groups is 1. The number of guanidine groups is 1. The van der Waals surface area contributed by atoms with Gasteiger partial charge in [-0.3, -0.25) is 4.99 Å². The minimum Gasteiger partial charge on any atom is -0.358 e. The maximum atomic E-state index is 4.26. The molecule has 1 aromatic carbocycles. The molecule has 0 unspecified atom stereocenters. The lowest BCUT2D eigenvalue weighted by atomic mass is 10.1. The second-order valence-corrected chi connectivity index (χ2v) is 5.44. The molecule has 0 amide bonds. The van der Waals surface area contributed by atoms with E-state index < -0.39 is 0 Å². The Bertz CT molecular complexity index is 622. The van der Waals surface area contributed by atoms with Crippen molar-refractivity contribution in [2.24, 2.45) is 4.99 Å². The van der Waals surface area contributed by atoms with Crippen molar-refractivity contribution in [2.45, 2.75) is 32.2 Å². The van der Waals surface area contributed by atoms with Crippen LogP contribution in [0.4, 0.5) is 0 Å². The van der Waals surface area contributed by atoms with E-state index >= 15 is 0 Å². The molecule has 3 rings (SSSR count). The van der Waals surface area contributed by atoms with Crippen molar-refractivity contribution in [3.05, 3.63) is 35.5 Å². The fraction of sp³-hybridized carbons (Fsp3) is 0.438. The van der Waals surface area contributed by atoms with Crippen molar-refractivity contribution in [1.82, 2.24) is 15.6 Å². The van der Waals surface area contributed by atoms with Gasteiger partial charge in [0, 0.05) is 36.2 Å². The molecule has 3 N–H and O–H groups in total. The molecule has 4 nitrogen and oxygen atoms in total. The number of nitrogens with one attached hydrogen (secondary N) is 3. The second-order valence-electron chi connectivity index (χ2n) is 5.44. The van der Waals surface area contributed by atoms with Gasteiger partial charge in [-0.25, -0.2) is 0 Å². The number of H-pyrrole nitrogens is 1. The van der Waals surface area contributed by atoms with Crippen molar-refractivity contribution in [3.63, 3.8) is 0 Å². The number of hydrogen-bond acceptors (Lipinski definition) is 1. The zero-order valence-electron chi connectivity index (χ0n) is 12.2. The molecule has 20 heavy (non-hydrogen) atoms. The molecule has 0 atom stereocenters. The summed E-state index contributed by atoms with van der Waals surface area (Å²) >= 11 is 0. The Balaban J connectivity index is 1.63. The summed E-state index contributed by atoms with van der Waals surface area (Å²) in [7, 11) is 1.83. The van der Waals surface area contributed by atoms with Crippen LogP contribution in [0, 0.1) is 6.92 Å². The predicted molar refractivity (Wildman–Crippen MR) is 84.3 cm³/mol. The van der Waals surface area contributed by atoms with Gasteiger partial charge in [0.1, 0.15) is 0 Å². The highest BCUT2D eigenvalue weighted by atomic mass is 15.2. The van der Waals surface area contributed by atoms with E-state index in [9.17, 15) is 0 Å². The van der Waals surface area contributed by atoms with Crippen LogP contribution in [0.5, 0.6) is 0 Å². The third kappa shape index (κ3) is 2.79. The van der Waals surface area contributed by atoms with Crippen LogP contribution in [-0.2, 0) is 6.42 Å². The number of aromatic nitrogens is 1. The van der Waals surface area contributed by atoms with Gasteiger partial charge in [-0.15, -0.1) is 0 Å². The number of aromatic amines is 1. The fourth-order valence-corrected chi connectivity index (χ4v) is 2.58. The number of aryl methyl sites for hydroxylation is 1. The van der Waals surface area contributed by atoms with Crippen LogP contribution in [0.3, 0.4) is 0 Å². The van der Waals surface area contributed by atoms with E-state index in [4.69, 9.17) is 0 Å². The van der Waals surface area contributed by atoms with Crippen LogP contribution in [0.1, 0.15) is 24.1 Å². The zero-order chi connectivity index (χ0) is 13.9. The summed E-state index contributed by atoms with van der Waals surface area (Å²) in [5.41, 5.74) is 3.88. The monoisotopic (exact) mass is 270 g/mol. The summed E-state index contributed by atoms with van der Waals surface area (Å²) < 4.78 is 0. The topological polar surface area (TPSA) is 52.2 Å². The second kappa shape index (κ2) is 5.57. The molecule has 0 radical (unpaired) electrons. The molecule has 1 aliphatic carbocycles. The molecule has 106 valence electrons. The molecule has 2 aromatic rings. The van der Waals surface area contributed by atoms with Crippen molar-refractivity contribution in [1.29, 1.82) is 0 Å². The Morgan fingerprint density at radius 3 is 2.90 bits per heavy atom. The third-order valence-corrected chi connectivity index (χ3v) is 3.84. The Kier molecular flexibility index (Phi) is 3.63. The lowest BCUT2D eigenvalue weighted by Gasteiger charge is -2.11. The smallest absolute Gasteiger partial charge is 0.191 e. The van der Waals surface area contributed by atoms with E-state index in [0.717, 1.165) is 18.9 Å². The number of para-hydroxylation sites is 1. The molecule has 1 heterocycles. The number of fused-ring (bicyclic) bond motifs is 1. The quantitative estimate of drug-likeness (QED) is 0.590. The summed E-state index contributed by atoms with van der Waals surface area (Å²) in [5, 5.41) is 8.13. The molecule has 0 aliphatic heterocycles. The Morgan fingerprint density at radius 2 is 2.15 bits per heavy atom. The molecule has 1 aromatic heterocycles. The minimum absolute atomic E-state index is 0.635. The SMILES string of the molecule is CN=C(NCCc1c(C)[nH]c2ccccc12)NC1CC1. The van der Waals surface area contributed by atoms with Crippen LogP contribution in [-0.4, -0.2) is 30.6 Å². The zero-order valence-corrected chi connectivity index (χ0v) is 12.2. The molecule has 4 heteroatoms. The molecular weight excluding hydrogens is 248 g/mol. The Labute approximate surface area is 119 Å². The first-order chi connectivity index (χ1) is 9.78. The Morgan fingerprint density at radius 1 is 1.35 bits per heavy atom. The highest BCUT2D eigenvalue weighted by molar-refractivity contribution is 5.84. The lowest BCUT2D eigenvalue weighted by Crippen LogP contribution is -2.39. The molecule has 0 saturated heterocycles. The largest absolute Gasteiger partial charge is 0.358 e. The van der Waals surface area contributed by atoms with Gasteiger partial charge >= 0.3 is 0 Å². The van der Waals surface area contributed by atoms with E-state index in [1.165, 1.54) is 35.0 Å². The molecule has 0 bridgehead atoms. The fourth-order valence-electron chi connectivity index (χ4n) is 2.58. The van der Waals surface area contributed by atoms with Gasteiger partial charge in [0.05, 0.1) is 0 Å². The highest BCUT2D eigenvalue weighted by Crippen LogP contribution is 2.22. The average molecular weight is 270 g/mol. The molecular formula is C16H22N4. The van der Waals surface area contributed by atoms with Gasteiger partial charge in [0.2, 0.25) is 0 Å². The summed E-state index contributed by atoms with van der Waals surface area (Å²) in [5.74, 6) is 0.921. The highest BCUT2D eigenvalue weighted by Gasteiger charge is 2.22. The first kappa shape index (κ1) is 13.0. The standard InChI is InChI=1S/C16H22N4/c1-11-13(14-5-3-4-6-15(14)19-11)9-10-18-16(17-2)20-12-7-8-12/h3-6,12,19H,7-10H2,1-2H3,(H2,17,18,20). The number of hydrogen-bond donors (Lipinski definition) is 3. The van der Waals surface area contributed by atoms with E-state index in [-0.39, 0.29) is 0 Å². The maximum Gasteiger partial charge on any atom is 0.191 e. The first-order valence-electron chi connectivity index (χ1n) is 7.31. The predicted octanol–water partition coefficient (Wildman–Crippen LogP) is 2.35. The van der Waals surface area contributed by atoms with E-state index in [2.05, 4.69) is 51.8 Å². The number of rotatable bonds is 4. The van der Waals surface area contributed by atoms with Gasteiger partial charge in [0.25, 0.3) is 0 Å². The van der Waals surface area contributed by atoms with Crippen molar-refractivity contribution in [2.75, 3.05) is 13.6 Å². The molecule has 1 saturated carbocycles. The minimum atomic E-state index is 0.635. The average Bonchev–Trinajstić information content (AvgIpc) is 3.21. The number of nitrogens with zero attached hydrogens (tertiary/aromatic N) is 1. The number of benzene rings is 1. The molecule has 1 aliphatic rings. The normalized spacial score (nSPS) is 15.6. The van der Waals surface area contributed by atoms with Crippen LogP contribution in [0.25, 0.3) is 10.9 Å². The van der Waals surface area contributed by atoms with Crippen LogP contribution >= 0.6 is 0 Å². The molecule has 0 spiro atoms. The van der Waals surface area contributed by atoms with Crippen LogP contribution < -0.4 is 10.6 Å². The summed E-state index contributed by atoms with van der Waals surface area (Å²) in [6.07, 6.45) is 3.53. The molecule has 1 fully saturated rings. The van der Waals surface area contributed by atoms with Crippen LogP contribution in [0.2, 0.25) is 0 Å². The van der Waals surface area contributed by atoms with Crippen molar-refractivity contribution < 1.29 is 0 Å². The van der Waals surface area contributed by atoms with Gasteiger partial charge < -0.3 is 15.6 Å². The van der Waals surface area contributed by atoms with E-state index in [0.29, 0.717) is 6.04 Å². The van der Waals surface area contributed by atoms with Gasteiger partial charge in [-0.1, -0.05) is 18.2 Å². The van der Waals surface area contributed by atoms with Gasteiger partial charge in [0.15, 0.2) is 5.96 Å². The van der Waals surface area contributed by atoms with E-state index in [1.807, 2.05) is 7.05 Å². The van der Waals surface area contributed by atoms with Gasteiger partial charge in [-0.2, -0.15) is 0 Å². The Hall–Kier alpha value is -1.97. The maximum absolute atomic E-state index is 4.26. The summed E-state index contributed by atoms with van der Waals surface area (Å²) in [4.78, 5) is 7.71. The first-order valence-corrected chi connectivity index (χ1v) is 7.31. The third-order valence-electron chi connectivity index (χ3n) is 3.84. The summed E-state index contributed by atoms with van der Waals surface area (Å²) in [6.45, 7) is 3.04. The van der Waals surface area contributed by atoms with E-state index in [1.54, 1.807) is 0 Å². The van der Waals surface area contributed by atoms with Gasteiger partial charge in [-0.05, 0) is 37.8 Å². The van der Waals surface area contributed by atoms with Crippen molar-refractivity contribution in [3.8, 4) is 0 Å².